The molecule has 1 aromatic heterocycles. The summed E-state index contributed by atoms with van der Waals surface area (Å²) in [6, 6.07) is 2.71. The third kappa shape index (κ3) is 2.62. The van der Waals surface area contributed by atoms with Crippen LogP contribution in [0.15, 0.2) is 33.9 Å². The first-order valence-electron chi connectivity index (χ1n) is 3.58. The van der Waals surface area contributed by atoms with Crippen molar-refractivity contribution in [3.63, 3.8) is 0 Å². The molecule has 6 heteroatoms. The quantitative estimate of drug-likeness (QED) is 0.261. The standard InChI is InChI=1S/C8H6N2O4/c11-9-6-2-1-3-7-4-5-8(14-7)10(12)13/h1-5,11H. The second-order valence-corrected chi connectivity index (χ2v) is 2.19. The van der Waals surface area contributed by atoms with Gasteiger partial charge in [0.2, 0.25) is 0 Å². The Bertz CT molecular complexity index is 413. The Morgan fingerprint density at radius 3 is 3.00 bits per heavy atom. The largest absolute Gasteiger partial charge is 0.433 e. The Morgan fingerprint density at radius 2 is 2.43 bits per heavy atom. The summed E-state index contributed by atoms with van der Waals surface area (Å²) in [4.78, 5) is 9.59. The highest BCUT2D eigenvalue weighted by molar-refractivity contribution is 5.58. The second kappa shape index (κ2) is 4.64. The number of hydrogen-bond donors (Lipinski definition) is 1. The molecule has 1 heterocycles. The fraction of sp³-hybridized carbons (Fsp3) is 0. The number of rotatable bonds is 3. The molecule has 0 amide bonds. The van der Waals surface area contributed by atoms with Crippen LogP contribution >= 0.6 is 0 Å². The summed E-state index contributed by atoms with van der Waals surface area (Å²) in [5.41, 5.74) is 0. The van der Waals surface area contributed by atoms with E-state index in [0.717, 1.165) is 0 Å². The van der Waals surface area contributed by atoms with Gasteiger partial charge in [0.25, 0.3) is 0 Å². The molecule has 0 spiro atoms. The molecule has 0 aliphatic rings. The van der Waals surface area contributed by atoms with E-state index in [0.29, 0.717) is 5.76 Å². The number of hydrogen-bond acceptors (Lipinski definition) is 5. The molecule has 6 nitrogen and oxygen atoms in total. The van der Waals surface area contributed by atoms with Crippen molar-refractivity contribution in [1.82, 2.24) is 0 Å². The summed E-state index contributed by atoms with van der Waals surface area (Å²) < 4.78 is 4.80. The predicted octanol–water partition coefficient (Wildman–Crippen LogP) is 1.82. The fourth-order valence-corrected chi connectivity index (χ4v) is 0.749. The Kier molecular flexibility index (Phi) is 3.23. The zero-order chi connectivity index (χ0) is 10.4. The van der Waals surface area contributed by atoms with Gasteiger partial charge in [-0.2, -0.15) is 0 Å². The van der Waals surface area contributed by atoms with E-state index in [1.165, 1.54) is 30.4 Å². The Morgan fingerprint density at radius 1 is 1.64 bits per heavy atom. The van der Waals surface area contributed by atoms with Crippen molar-refractivity contribution < 1.29 is 14.5 Å². The molecule has 0 aromatic carbocycles. The maximum absolute atomic E-state index is 10.2. The number of allylic oxidation sites excluding steroid dienone is 2. The third-order valence-corrected chi connectivity index (χ3v) is 1.28. The summed E-state index contributed by atoms with van der Waals surface area (Å²) in [6.45, 7) is 0. The minimum absolute atomic E-state index is 0.315. The third-order valence-electron chi connectivity index (χ3n) is 1.28. The van der Waals surface area contributed by atoms with Crippen molar-refractivity contribution in [3.8, 4) is 0 Å². The van der Waals surface area contributed by atoms with Gasteiger partial charge in [0.05, 0.1) is 6.07 Å². The van der Waals surface area contributed by atoms with E-state index in [1.807, 2.05) is 0 Å². The predicted molar refractivity (Wildman–Crippen MR) is 48.2 cm³/mol. The maximum atomic E-state index is 10.2. The van der Waals surface area contributed by atoms with Crippen molar-refractivity contribution in [2.75, 3.05) is 0 Å². The van der Waals surface area contributed by atoms with Crippen molar-refractivity contribution >= 4 is 17.8 Å². The highest BCUT2D eigenvalue weighted by atomic mass is 16.6. The Labute approximate surface area is 78.6 Å². The number of nitro groups is 1. The van der Waals surface area contributed by atoms with Crippen LogP contribution in [0.1, 0.15) is 5.76 Å². The molecule has 0 fully saturated rings. The molecule has 1 rings (SSSR count). The van der Waals surface area contributed by atoms with Gasteiger partial charge >= 0.3 is 5.88 Å². The Hall–Kier alpha value is -2.33. The van der Waals surface area contributed by atoms with Gasteiger partial charge in [-0.25, -0.2) is 0 Å². The average molecular weight is 194 g/mol. The number of furan rings is 1. The lowest BCUT2D eigenvalue weighted by molar-refractivity contribution is -0.402. The normalized spacial score (nSPS) is 9.71. The highest BCUT2D eigenvalue weighted by Gasteiger charge is 2.09. The molecule has 14 heavy (non-hydrogen) atoms. The van der Waals surface area contributed by atoms with E-state index in [4.69, 9.17) is 9.62 Å². The number of nitrogens with zero attached hydrogens (tertiary/aromatic N) is 2. The van der Waals surface area contributed by atoms with Crippen molar-refractivity contribution in [2.24, 2.45) is 5.16 Å². The van der Waals surface area contributed by atoms with Crippen LogP contribution in [-0.2, 0) is 0 Å². The average Bonchev–Trinajstić information content (AvgIpc) is 2.61. The molecule has 0 aliphatic heterocycles. The molecule has 0 atom stereocenters. The molecule has 0 saturated carbocycles. The molecule has 0 saturated heterocycles. The topological polar surface area (TPSA) is 88.9 Å². The van der Waals surface area contributed by atoms with Crippen LogP contribution in [0.3, 0.4) is 0 Å². The molecule has 0 unspecified atom stereocenters. The monoisotopic (exact) mass is 194 g/mol. The smallest absolute Gasteiger partial charge is 0.404 e. The first kappa shape index (κ1) is 9.76. The highest BCUT2D eigenvalue weighted by Crippen LogP contribution is 2.16. The SMILES string of the molecule is O=[N+]([O-])c1ccc(C=CC=C=NO)o1. The van der Waals surface area contributed by atoms with Gasteiger partial charge in [-0.05, 0) is 23.4 Å². The Balaban J connectivity index is 2.73. The van der Waals surface area contributed by atoms with Crippen molar-refractivity contribution in [1.29, 1.82) is 0 Å². The summed E-state index contributed by atoms with van der Waals surface area (Å²) in [5, 5.41) is 20.8. The lowest BCUT2D eigenvalue weighted by Crippen LogP contribution is -1.82. The minimum atomic E-state index is -0.623. The molecule has 0 bridgehead atoms. The van der Waals surface area contributed by atoms with Crippen LogP contribution < -0.4 is 0 Å². The molecule has 0 radical (unpaired) electrons. The van der Waals surface area contributed by atoms with Crippen molar-refractivity contribution in [2.45, 2.75) is 0 Å². The second-order valence-electron chi connectivity index (χ2n) is 2.19. The maximum Gasteiger partial charge on any atom is 0.433 e. The van der Waals surface area contributed by atoms with E-state index >= 15 is 0 Å². The van der Waals surface area contributed by atoms with Gasteiger partial charge in [-0.3, -0.25) is 10.1 Å². The van der Waals surface area contributed by atoms with E-state index in [9.17, 15) is 10.1 Å². The van der Waals surface area contributed by atoms with Crippen LogP contribution in [0, 0.1) is 10.1 Å². The summed E-state index contributed by atoms with van der Waals surface area (Å²) in [6.07, 6.45) is 4.28. The molecular weight excluding hydrogens is 188 g/mol. The van der Waals surface area contributed by atoms with Gasteiger partial charge in [-0.1, -0.05) is 0 Å². The van der Waals surface area contributed by atoms with Gasteiger partial charge in [0.15, 0.2) is 0 Å². The molecule has 1 N–H and O–H groups in total. The minimum Gasteiger partial charge on any atom is -0.404 e. The lowest BCUT2D eigenvalue weighted by atomic mass is 10.4. The van der Waals surface area contributed by atoms with E-state index in [-0.39, 0.29) is 5.88 Å². The van der Waals surface area contributed by atoms with Gasteiger partial charge in [0, 0.05) is 11.9 Å². The molecule has 0 aliphatic carbocycles. The van der Waals surface area contributed by atoms with Crippen molar-refractivity contribution in [3.05, 3.63) is 40.2 Å². The van der Waals surface area contributed by atoms with Gasteiger partial charge < -0.3 is 9.62 Å². The van der Waals surface area contributed by atoms with Crippen LogP contribution in [0.5, 0.6) is 0 Å². The summed E-state index contributed by atoms with van der Waals surface area (Å²) in [5.74, 6) is 2.17. The first-order chi connectivity index (χ1) is 6.74. The first-order valence-corrected chi connectivity index (χ1v) is 3.58. The zero-order valence-electron chi connectivity index (χ0n) is 6.95. The zero-order valence-corrected chi connectivity index (χ0v) is 6.95. The summed E-state index contributed by atoms with van der Waals surface area (Å²) >= 11 is 0. The van der Waals surface area contributed by atoms with E-state index < -0.39 is 4.92 Å². The van der Waals surface area contributed by atoms with Crippen LogP contribution in [0.4, 0.5) is 5.88 Å². The van der Waals surface area contributed by atoms with Crippen LogP contribution in [-0.4, -0.2) is 16.0 Å². The van der Waals surface area contributed by atoms with Gasteiger partial charge in [-0.15, -0.1) is 0 Å². The van der Waals surface area contributed by atoms with Gasteiger partial charge in [0.1, 0.15) is 10.7 Å². The van der Waals surface area contributed by atoms with E-state index in [1.54, 1.807) is 0 Å². The lowest BCUT2D eigenvalue weighted by Gasteiger charge is -1.81. The van der Waals surface area contributed by atoms with E-state index in [2.05, 4.69) is 11.0 Å². The fourth-order valence-electron chi connectivity index (χ4n) is 0.749. The van der Waals surface area contributed by atoms with Crippen LogP contribution in [0.2, 0.25) is 0 Å². The molecule has 72 valence electrons. The molecule has 1 aromatic rings. The summed E-state index contributed by atoms with van der Waals surface area (Å²) in [7, 11) is 0. The molecular formula is C8H6N2O4. The van der Waals surface area contributed by atoms with Crippen LogP contribution in [0.25, 0.3) is 6.08 Å².